The Kier molecular flexibility index (Phi) is 5.43. The van der Waals surface area contributed by atoms with E-state index in [-0.39, 0.29) is 5.91 Å². The summed E-state index contributed by atoms with van der Waals surface area (Å²) in [5, 5.41) is 12.1. The lowest BCUT2D eigenvalue weighted by Gasteiger charge is -2.33. The molecule has 5 heteroatoms. The maximum Gasteiger partial charge on any atom is 0.253 e. The second-order valence-electron chi connectivity index (χ2n) is 6.20. The van der Waals surface area contributed by atoms with Gasteiger partial charge in [-0.15, -0.1) is 0 Å². The van der Waals surface area contributed by atoms with Gasteiger partial charge in [-0.2, -0.15) is 0 Å². The molecule has 1 aliphatic rings. The number of nitrogens with one attached hydrogen (secondary N) is 1. The van der Waals surface area contributed by atoms with Crippen molar-refractivity contribution in [1.82, 2.24) is 10.3 Å². The minimum atomic E-state index is -0.113. The molecule has 1 fully saturated rings. The third-order valence-electron chi connectivity index (χ3n) is 4.55. The van der Waals surface area contributed by atoms with Crippen molar-refractivity contribution in [2.24, 2.45) is 5.92 Å². The molecule has 1 saturated heterocycles. The van der Waals surface area contributed by atoms with Gasteiger partial charge in [0.1, 0.15) is 0 Å². The summed E-state index contributed by atoms with van der Waals surface area (Å²) in [7, 11) is 0. The summed E-state index contributed by atoms with van der Waals surface area (Å²) >= 11 is 0. The summed E-state index contributed by atoms with van der Waals surface area (Å²) in [5.41, 5.74) is 2.84. The molecular weight excluding hydrogens is 302 g/mol. The van der Waals surface area contributed by atoms with Crippen LogP contribution in [0, 0.1) is 5.92 Å². The van der Waals surface area contributed by atoms with E-state index in [0.29, 0.717) is 24.6 Å². The highest BCUT2D eigenvalue weighted by Crippen LogP contribution is 2.23. The highest BCUT2D eigenvalue weighted by atomic mass is 16.3. The first-order valence-corrected chi connectivity index (χ1v) is 8.39. The second kappa shape index (κ2) is 7.93. The van der Waals surface area contributed by atoms with Crippen molar-refractivity contribution in [2.75, 3.05) is 24.6 Å². The zero-order valence-corrected chi connectivity index (χ0v) is 13.7. The Hall–Kier alpha value is -2.40. The fourth-order valence-electron chi connectivity index (χ4n) is 2.98. The number of carbonyl (C=O) groups excluding carboxylic acids is 1. The average molecular weight is 325 g/mol. The maximum absolute atomic E-state index is 12.0. The van der Waals surface area contributed by atoms with Crippen molar-refractivity contribution in [3.63, 3.8) is 0 Å². The van der Waals surface area contributed by atoms with Gasteiger partial charge in [0.05, 0.1) is 5.56 Å². The van der Waals surface area contributed by atoms with Crippen LogP contribution in [0.5, 0.6) is 0 Å². The first-order valence-electron chi connectivity index (χ1n) is 8.39. The molecule has 0 atom stereocenters. The molecule has 24 heavy (non-hydrogen) atoms. The number of anilines is 1. The van der Waals surface area contributed by atoms with Crippen molar-refractivity contribution in [2.45, 2.75) is 19.4 Å². The molecule has 2 aromatic rings. The van der Waals surface area contributed by atoms with E-state index in [1.807, 2.05) is 0 Å². The zero-order valence-electron chi connectivity index (χ0n) is 13.7. The second-order valence-corrected chi connectivity index (χ2v) is 6.20. The maximum atomic E-state index is 12.0. The number of aromatic nitrogens is 1. The van der Waals surface area contributed by atoms with E-state index in [9.17, 15) is 9.90 Å². The Morgan fingerprint density at radius 2 is 1.96 bits per heavy atom. The van der Waals surface area contributed by atoms with Crippen molar-refractivity contribution in [3.05, 3.63) is 59.9 Å². The molecule has 5 nitrogen and oxygen atoms in total. The van der Waals surface area contributed by atoms with E-state index in [2.05, 4.69) is 39.5 Å². The van der Waals surface area contributed by atoms with Gasteiger partial charge in [0.25, 0.3) is 5.91 Å². The Bertz CT molecular complexity index is 650. The quantitative estimate of drug-likeness (QED) is 0.885. The van der Waals surface area contributed by atoms with Gasteiger partial charge in [-0.3, -0.25) is 9.78 Å². The molecule has 3 rings (SSSR count). The molecule has 2 heterocycles. The SMILES string of the molecule is O=C(NCc1ccc(N2CCC(CO)CC2)cc1)c1cccnc1. The summed E-state index contributed by atoms with van der Waals surface area (Å²) in [6, 6.07) is 11.8. The van der Waals surface area contributed by atoms with Gasteiger partial charge in [-0.25, -0.2) is 0 Å². The topological polar surface area (TPSA) is 65.5 Å². The Morgan fingerprint density at radius 3 is 2.58 bits per heavy atom. The average Bonchev–Trinajstić information content (AvgIpc) is 2.67. The number of hydrogen-bond acceptors (Lipinski definition) is 4. The van der Waals surface area contributed by atoms with Crippen LogP contribution in [0.1, 0.15) is 28.8 Å². The number of amides is 1. The van der Waals surface area contributed by atoms with Crippen molar-refractivity contribution < 1.29 is 9.90 Å². The van der Waals surface area contributed by atoms with Gasteiger partial charge in [-0.1, -0.05) is 12.1 Å². The van der Waals surface area contributed by atoms with Crippen molar-refractivity contribution >= 4 is 11.6 Å². The lowest BCUT2D eigenvalue weighted by molar-refractivity contribution is 0.0950. The Morgan fingerprint density at radius 1 is 1.21 bits per heavy atom. The van der Waals surface area contributed by atoms with E-state index in [1.54, 1.807) is 24.5 Å². The molecule has 0 unspecified atom stereocenters. The van der Waals surface area contributed by atoms with Crippen LogP contribution in [-0.4, -0.2) is 35.7 Å². The molecule has 0 saturated carbocycles. The third kappa shape index (κ3) is 4.11. The number of aliphatic hydroxyl groups excluding tert-OH is 1. The summed E-state index contributed by atoms with van der Waals surface area (Å²) in [5.74, 6) is 0.335. The predicted molar refractivity (Wildman–Crippen MR) is 93.9 cm³/mol. The van der Waals surface area contributed by atoms with Crippen molar-refractivity contribution in [1.29, 1.82) is 0 Å². The van der Waals surface area contributed by atoms with Gasteiger partial charge in [0, 0.05) is 44.3 Å². The van der Waals surface area contributed by atoms with Crippen LogP contribution in [0.4, 0.5) is 5.69 Å². The molecule has 1 aromatic heterocycles. The van der Waals surface area contributed by atoms with Crippen LogP contribution in [0.2, 0.25) is 0 Å². The van der Waals surface area contributed by atoms with Crippen LogP contribution in [0.25, 0.3) is 0 Å². The fourth-order valence-corrected chi connectivity index (χ4v) is 2.98. The van der Waals surface area contributed by atoms with Crippen LogP contribution in [0.15, 0.2) is 48.8 Å². The molecule has 0 spiro atoms. The molecule has 0 aliphatic carbocycles. The van der Waals surface area contributed by atoms with Gasteiger partial charge in [0.2, 0.25) is 0 Å². The number of carbonyl (C=O) groups is 1. The molecule has 1 amide bonds. The lowest BCUT2D eigenvalue weighted by Crippen LogP contribution is -2.34. The number of rotatable bonds is 5. The Labute approximate surface area is 142 Å². The van der Waals surface area contributed by atoms with Crippen LogP contribution in [-0.2, 0) is 6.54 Å². The van der Waals surface area contributed by atoms with E-state index in [1.165, 1.54) is 5.69 Å². The number of hydrogen-bond donors (Lipinski definition) is 2. The summed E-state index contributed by atoms with van der Waals surface area (Å²) in [6.45, 7) is 2.77. The number of piperidine rings is 1. The standard InChI is InChI=1S/C19H23N3O2/c23-14-16-7-10-22(11-8-16)18-5-3-15(4-6-18)12-21-19(24)17-2-1-9-20-13-17/h1-6,9,13,16,23H,7-8,10-12,14H2,(H,21,24). The minimum Gasteiger partial charge on any atom is -0.396 e. The van der Waals surface area contributed by atoms with E-state index < -0.39 is 0 Å². The van der Waals surface area contributed by atoms with E-state index in [4.69, 9.17) is 0 Å². The third-order valence-corrected chi connectivity index (χ3v) is 4.55. The lowest BCUT2D eigenvalue weighted by atomic mass is 9.97. The first kappa shape index (κ1) is 16.5. The normalized spacial score (nSPS) is 15.3. The molecule has 2 N–H and O–H groups in total. The highest BCUT2D eigenvalue weighted by molar-refractivity contribution is 5.93. The molecule has 126 valence electrons. The number of benzene rings is 1. The molecule has 0 bridgehead atoms. The van der Waals surface area contributed by atoms with Gasteiger partial charge in [0.15, 0.2) is 0 Å². The van der Waals surface area contributed by atoms with Gasteiger partial charge in [-0.05, 0) is 48.6 Å². The predicted octanol–water partition coefficient (Wildman–Crippen LogP) is 2.22. The number of aliphatic hydroxyl groups is 1. The molecule has 1 aromatic carbocycles. The Balaban J connectivity index is 1.52. The largest absolute Gasteiger partial charge is 0.396 e. The van der Waals surface area contributed by atoms with Crippen LogP contribution < -0.4 is 10.2 Å². The van der Waals surface area contributed by atoms with E-state index >= 15 is 0 Å². The molecule has 1 aliphatic heterocycles. The van der Waals surface area contributed by atoms with Crippen LogP contribution >= 0.6 is 0 Å². The minimum absolute atomic E-state index is 0.113. The smallest absolute Gasteiger partial charge is 0.253 e. The molecule has 0 radical (unpaired) electrons. The van der Waals surface area contributed by atoms with Gasteiger partial charge >= 0.3 is 0 Å². The summed E-state index contributed by atoms with van der Waals surface area (Å²) < 4.78 is 0. The zero-order chi connectivity index (χ0) is 16.8. The highest BCUT2D eigenvalue weighted by Gasteiger charge is 2.18. The van der Waals surface area contributed by atoms with E-state index in [0.717, 1.165) is 31.5 Å². The summed E-state index contributed by atoms with van der Waals surface area (Å²) in [6.07, 6.45) is 5.30. The number of nitrogens with zero attached hydrogens (tertiary/aromatic N) is 2. The summed E-state index contributed by atoms with van der Waals surface area (Å²) in [4.78, 5) is 18.3. The molecular formula is C19H23N3O2. The first-order chi connectivity index (χ1) is 11.8. The van der Waals surface area contributed by atoms with Crippen LogP contribution in [0.3, 0.4) is 0 Å². The number of pyridine rings is 1. The fraction of sp³-hybridized carbons (Fsp3) is 0.368. The monoisotopic (exact) mass is 325 g/mol. The van der Waals surface area contributed by atoms with Gasteiger partial charge < -0.3 is 15.3 Å². The van der Waals surface area contributed by atoms with Crippen molar-refractivity contribution in [3.8, 4) is 0 Å².